The van der Waals surface area contributed by atoms with Crippen molar-refractivity contribution in [3.05, 3.63) is 11.7 Å². The maximum atomic E-state index is 11.9. The van der Waals surface area contributed by atoms with Crippen LogP contribution in [0.1, 0.15) is 96.2 Å². The van der Waals surface area contributed by atoms with Crippen molar-refractivity contribution >= 4 is 11.9 Å². The second kappa shape index (κ2) is 11.3. The first-order chi connectivity index (χ1) is 14.9. The predicted octanol–water partition coefficient (Wildman–Crippen LogP) is 2.98. The number of amides is 1. The van der Waals surface area contributed by atoms with E-state index in [1.54, 1.807) is 19.0 Å². The number of carbonyl (C=O) groups is 2. The van der Waals surface area contributed by atoms with Crippen molar-refractivity contribution < 1.29 is 19.2 Å². The standard InChI is InChI=1S/C24H42N4O4/c1-23(2,3)24(12-8-7-9-13-24)14-10-11-18(15-21(30)31)22-25-19(26-32-22)16-28(6)17-20(29)27(4)5/h18H,7-17H2,1-6H3,(H,30,31)/p-1. The molecule has 0 aromatic carbocycles. The third-order valence-electron chi connectivity index (χ3n) is 7.17. The number of hydrogen-bond donors (Lipinski definition) is 0. The van der Waals surface area contributed by atoms with E-state index in [1.165, 1.54) is 37.0 Å². The first-order valence-corrected chi connectivity index (χ1v) is 11.8. The van der Waals surface area contributed by atoms with E-state index in [4.69, 9.17) is 4.52 Å². The zero-order chi connectivity index (χ0) is 23.9. The Morgan fingerprint density at radius 2 is 1.81 bits per heavy atom. The molecule has 2 rings (SSSR count). The molecule has 0 saturated heterocycles. The third-order valence-corrected chi connectivity index (χ3v) is 7.17. The molecule has 0 N–H and O–H groups in total. The minimum atomic E-state index is -1.10. The van der Waals surface area contributed by atoms with E-state index in [-0.39, 0.29) is 30.2 Å². The predicted molar refractivity (Wildman–Crippen MR) is 121 cm³/mol. The Balaban J connectivity index is 2.01. The van der Waals surface area contributed by atoms with Gasteiger partial charge < -0.3 is 19.3 Å². The molecule has 0 aliphatic heterocycles. The molecule has 1 aliphatic carbocycles. The maximum absolute atomic E-state index is 11.9. The van der Waals surface area contributed by atoms with Crippen molar-refractivity contribution in [3.8, 4) is 0 Å². The van der Waals surface area contributed by atoms with Gasteiger partial charge in [-0.1, -0.05) is 51.6 Å². The lowest BCUT2D eigenvalue weighted by Gasteiger charge is -2.48. The van der Waals surface area contributed by atoms with Gasteiger partial charge >= 0.3 is 0 Å². The SMILES string of the molecule is CN(CC(=O)N(C)C)Cc1noc(C(CCCC2(C(C)(C)C)CCCCC2)CC(=O)[O-])n1. The normalized spacial score (nSPS) is 17.3. The van der Waals surface area contributed by atoms with Gasteiger partial charge in [-0.05, 0) is 50.0 Å². The molecule has 0 bridgehead atoms. The number of carbonyl (C=O) groups excluding carboxylic acids is 2. The van der Waals surface area contributed by atoms with E-state index < -0.39 is 5.97 Å². The lowest BCUT2D eigenvalue weighted by molar-refractivity contribution is -0.306. The highest BCUT2D eigenvalue weighted by Gasteiger charge is 2.41. The smallest absolute Gasteiger partial charge is 0.236 e. The molecule has 182 valence electrons. The van der Waals surface area contributed by atoms with Gasteiger partial charge in [0.15, 0.2) is 5.82 Å². The highest BCUT2D eigenvalue weighted by molar-refractivity contribution is 5.77. The lowest BCUT2D eigenvalue weighted by atomic mass is 9.57. The van der Waals surface area contributed by atoms with Crippen molar-refractivity contribution in [1.82, 2.24) is 19.9 Å². The van der Waals surface area contributed by atoms with E-state index in [2.05, 4.69) is 30.9 Å². The zero-order valence-electron chi connectivity index (χ0n) is 20.8. The zero-order valence-corrected chi connectivity index (χ0v) is 20.8. The molecule has 1 saturated carbocycles. The first-order valence-electron chi connectivity index (χ1n) is 11.8. The Bertz CT molecular complexity index is 747. The molecule has 1 aliphatic rings. The van der Waals surface area contributed by atoms with Crippen LogP contribution in [0.25, 0.3) is 0 Å². The summed E-state index contributed by atoms with van der Waals surface area (Å²) < 4.78 is 5.44. The maximum Gasteiger partial charge on any atom is 0.236 e. The molecule has 1 atom stereocenters. The van der Waals surface area contributed by atoms with Gasteiger partial charge in [-0.25, -0.2) is 0 Å². The molecular weight excluding hydrogens is 408 g/mol. The summed E-state index contributed by atoms with van der Waals surface area (Å²) in [4.78, 5) is 31.1. The van der Waals surface area contributed by atoms with Gasteiger partial charge in [-0.3, -0.25) is 9.69 Å². The Kier molecular flexibility index (Phi) is 9.25. The monoisotopic (exact) mass is 449 g/mol. The van der Waals surface area contributed by atoms with Crippen LogP contribution in [0.3, 0.4) is 0 Å². The Labute approximate surface area is 192 Å². The number of aromatic nitrogens is 2. The van der Waals surface area contributed by atoms with Crippen molar-refractivity contribution in [2.45, 2.75) is 91.0 Å². The number of carboxylic acid groups (broad SMARTS) is 1. The molecule has 8 nitrogen and oxygen atoms in total. The highest BCUT2D eigenvalue weighted by Crippen LogP contribution is 2.53. The average molecular weight is 450 g/mol. The van der Waals surface area contributed by atoms with Crippen LogP contribution in [0.2, 0.25) is 0 Å². The molecule has 1 unspecified atom stereocenters. The summed E-state index contributed by atoms with van der Waals surface area (Å²) in [6.45, 7) is 7.60. The Hall–Kier alpha value is -1.96. The second-order valence-corrected chi connectivity index (χ2v) is 10.8. The summed E-state index contributed by atoms with van der Waals surface area (Å²) in [5.41, 5.74) is 0.530. The minimum Gasteiger partial charge on any atom is -0.550 e. The van der Waals surface area contributed by atoms with Gasteiger partial charge in [-0.15, -0.1) is 0 Å². The van der Waals surface area contributed by atoms with E-state index in [9.17, 15) is 14.7 Å². The van der Waals surface area contributed by atoms with Crippen LogP contribution in [-0.4, -0.2) is 59.5 Å². The molecule has 1 aromatic rings. The summed E-state index contributed by atoms with van der Waals surface area (Å²) in [7, 11) is 5.24. The van der Waals surface area contributed by atoms with Crippen LogP contribution < -0.4 is 5.11 Å². The van der Waals surface area contributed by atoms with Crippen LogP contribution in [0.15, 0.2) is 4.52 Å². The summed E-state index contributed by atoms with van der Waals surface area (Å²) in [6, 6.07) is 0. The van der Waals surface area contributed by atoms with E-state index in [1.807, 2.05) is 7.05 Å². The number of likely N-dealkylation sites (N-methyl/N-ethyl adjacent to an activating group) is 2. The van der Waals surface area contributed by atoms with Crippen molar-refractivity contribution in [2.75, 3.05) is 27.7 Å². The molecular formula is C24H41N4O4-. The van der Waals surface area contributed by atoms with Gasteiger partial charge in [0.25, 0.3) is 0 Å². The van der Waals surface area contributed by atoms with Crippen LogP contribution in [-0.2, 0) is 16.1 Å². The van der Waals surface area contributed by atoms with E-state index in [0.717, 1.165) is 12.8 Å². The van der Waals surface area contributed by atoms with Crippen molar-refractivity contribution in [3.63, 3.8) is 0 Å². The van der Waals surface area contributed by atoms with Gasteiger partial charge in [-0.2, -0.15) is 4.98 Å². The van der Waals surface area contributed by atoms with E-state index in [0.29, 0.717) is 30.1 Å². The van der Waals surface area contributed by atoms with Gasteiger partial charge in [0.2, 0.25) is 11.8 Å². The first kappa shape index (κ1) is 26.3. The fraction of sp³-hybridized carbons (Fsp3) is 0.833. The Morgan fingerprint density at radius 1 is 1.16 bits per heavy atom. The lowest BCUT2D eigenvalue weighted by Crippen LogP contribution is -2.37. The number of carboxylic acids is 1. The summed E-state index contributed by atoms with van der Waals surface area (Å²) in [6.07, 6.45) is 8.90. The number of nitrogens with zero attached hydrogens (tertiary/aromatic N) is 4. The molecule has 8 heteroatoms. The summed E-state index contributed by atoms with van der Waals surface area (Å²) >= 11 is 0. The molecule has 1 heterocycles. The van der Waals surface area contributed by atoms with Crippen LogP contribution >= 0.6 is 0 Å². The molecule has 0 spiro atoms. The third kappa shape index (κ3) is 7.29. The molecule has 0 radical (unpaired) electrons. The van der Waals surface area contributed by atoms with Crippen molar-refractivity contribution in [2.24, 2.45) is 10.8 Å². The van der Waals surface area contributed by atoms with Gasteiger partial charge in [0, 0.05) is 26.0 Å². The second-order valence-electron chi connectivity index (χ2n) is 10.8. The van der Waals surface area contributed by atoms with Crippen LogP contribution in [0.4, 0.5) is 0 Å². The number of rotatable bonds is 11. The minimum absolute atomic E-state index is 0.0125. The van der Waals surface area contributed by atoms with Gasteiger partial charge in [0.1, 0.15) is 0 Å². The quantitative estimate of drug-likeness (QED) is 0.512. The Morgan fingerprint density at radius 3 is 2.38 bits per heavy atom. The molecule has 32 heavy (non-hydrogen) atoms. The average Bonchev–Trinajstić information content (AvgIpc) is 3.15. The molecule has 1 aromatic heterocycles. The topological polar surface area (TPSA) is 103 Å². The fourth-order valence-electron chi connectivity index (χ4n) is 4.97. The van der Waals surface area contributed by atoms with Crippen molar-refractivity contribution in [1.29, 1.82) is 0 Å². The molecule has 1 fully saturated rings. The molecule has 1 amide bonds. The van der Waals surface area contributed by atoms with E-state index >= 15 is 0 Å². The number of aliphatic carboxylic acids is 1. The number of hydrogen-bond acceptors (Lipinski definition) is 7. The fourth-order valence-corrected chi connectivity index (χ4v) is 4.97. The highest BCUT2D eigenvalue weighted by atomic mass is 16.5. The summed E-state index contributed by atoms with van der Waals surface area (Å²) in [5, 5.41) is 15.4. The van der Waals surface area contributed by atoms with Crippen LogP contribution in [0.5, 0.6) is 0 Å². The summed E-state index contributed by atoms with van der Waals surface area (Å²) in [5.74, 6) is -0.662. The van der Waals surface area contributed by atoms with Crippen LogP contribution in [0, 0.1) is 10.8 Å². The largest absolute Gasteiger partial charge is 0.550 e. The van der Waals surface area contributed by atoms with Gasteiger partial charge in [0.05, 0.1) is 13.1 Å².